The summed E-state index contributed by atoms with van der Waals surface area (Å²) in [6.07, 6.45) is -3.90. The Morgan fingerprint density at radius 1 is 1.27 bits per heavy atom. The summed E-state index contributed by atoms with van der Waals surface area (Å²) in [5, 5.41) is 9.27. The first-order chi connectivity index (χ1) is 6.97. The van der Waals surface area contributed by atoms with Gasteiger partial charge in [-0.15, -0.1) is 0 Å². The van der Waals surface area contributed by atoms with E-state index in [1.807, 2.05) is 0 Å². The van der Waals surface area contributed by atoms with Crippen LogP contribution in [0.2, 0.25) is 0 Å². The second-order valence-electron chi connectivity index (χ2n) is 3.09. The molecule has 0 amide bonds. The Morgan fingerprint density at radius 2 is 1.80 bits per heavy atom. The quantitative estimate of drug-likeness (QED) is 0.848. The van der Waals surface area contributed by atoms with Crippen molar-refractivity contribution in [1.29, 1.82) is 0 Å². The van der Waals surface area contributed by atoms with E-state index in [2.05, 4.69) is 0 Å². The molecule has 1 unspecified atom stereocenters. The Morgan fingerprint density at radius 3 is 2.20 bits per heavy atom. The van der Waals surface area contributed by atoms with Crippen molar-refractivity contribution >= 4 is 0 Å². The van der Waals surface area contributed by atoms with Gasteiger partial charge in [0.15, 0.2) is 0 Å². The fraction of sp³-hybridized carbons (Fsp3) is 0.400. The van der Waals surface area contributed by atoms with Crippen LogP contribution in [0.15, 0.2) is 12.1 Å². The molecule has 1 rings (SSSR count). The van der Waals surface area contributed by atoms with Crippen molar-refractivity contribution in [3.8, 4) is 5.75 Å². The molecule has 1 aromatic carbocycles. The number of methoxy groups -OCH3 is 1. The molecule has 0 bridgehead atoms. The predicted molar refractivity (Wildman–Crippen MR) is 48.5 cm³/mol. The van der Waals surface area contributed by atoms with Crippen molar-refractivity contribution in [2.45, 2.75) is 19.5 Å². The monoisotopic (exact) mass is 220 g/mol. The van der Waals surface area contributed by atoms with Gasteiger partial charge in [0.2, 0.25) is 0 Å². The number of hydrogen-bond acceptors (Lipinski definition) is 2. The van der Waals surface area contributed by atoms with E-state index >= 15 is 0 Å². The Labute approximate surface area is 85.3 Å². The maximum Gasteiger partial charge on any atom is 0.267 e. The Bertz CT molecular complexity index is 322. The van der Waals surface area contributed by atoms with Gasteiger partial charge in [-0.3, -0.25) is 0 Å². The number of halogens is 3. The maximum absolute atomic E-state index is 13.0. The average molecular weight is 220 g/mol. The highest BCUT2D eigenvalue weighted by molar-refractivity contribution is 5.43. The summed E-state index contributed by atoms with van der Waals surface area (Å²) in [7, 11) is 1.20. The van der Waals surface area contributed by atoms with E-state index < -0.39 is 23.9 Å². The van der Waals surface area contributed by atoms with Crippen molar-refractivity contribution in [2.24, 2.45) is 0 Å². The molecule has 1 N–H and O–H groups in total. The summed E-state index contributed by atoms with van der Waals surface area (Å²) < 4.78 is 42.7. The fourth-order valence-electron chi connectivity index (χ4n) is 1.34. The van der Waals surface area contributed by atoms with Crippen LogP contribution in [-0.2, 0) is 0 Å². The largest absolute Gasteiger partial charge is 0.496 e. The minimum atomic E-state index is -2.84. The topological polar surface area (TPSA) is 29.5 Å². The van der Waals surface area contributed by atoms with Gasteiger partial charge < -0.3 is 9.84 Å². The van der Waals surface area contributed by atoms with E-state index in [9.17, 15) is 18.3 Å². The van der Waals surface area contributed by atoms with E-state index in [1.54, 1.807) is 0 Å². The Kier molecular flexibility index (Phi) is 3.57. The van der Waals surface area contributed by atoms with E-state index in [4.69, 9.17) is 4.74 Å². The van der Waals surface area contributed by atoms with Gasteiger partial charge in [0.05, 0.1) is 18.8 Å². The lowest BCUT2D eigenvalue weighted by atomic mass is 10.0. The molecule has 5 heteroatoms. The van der Waals surface area contributed by atoms with Gasteiger partial charge in [0, 0.05) is 5.56 Å². The van der Waals surface area contributed by atoms with Crippen LogP contribution in [-0.4, -0.2) is 12.2 Å². The van der Waals surface area contributed by atoms with Crippen LogP contribution < -0.4 is 4.74 Å². The maximum atomic E-state index is 13.0. The zero-order valence-electron chi connectivity index (χ0n) is 8.30. The van der Waals surface area contributed by atoms with Crippen LogP contribution in [0.25, 0.3) is 0 Å². The molecule has 0 spiro atoms. The van der Waals surface area contributed by atoms with Gasteiger partial charge in [-0.2, -0.15) is 0 Å². The van der Waals surface area contributed by atoms with Gasteiger partial charge in [-0.05, 0) is 19.1 Å². The molecule has 1 atom stereocenters. The zero-order chi connectivity index (χ0) is 11.6. The number of hydrogen-bond donors (Lipinski definition) is 1. The zero-order valence-corrected chi connectivity index (χ0v) is 8.30. The molecule has 0 aromatic heterocycles. The van der Waals surface area contributed by atoms with E-state index in [-0.39, 0.29) is 11.3 Å². The molecule has 15 heavy (non-hydrogen) atoms. The SMILES string of the molecule is COc1c(C(C)O)cc(F)cc1C(F)F. The molecular weight excluding hydrogens is 209 g/mol. The second-order valence-corrected chi connectivity index (χ2v) is 3.09. The van der Waals surface area contributed by atoms with Crippen LogP contribution in [0.4, 0.5) is 13.2 Å². The van der Waals surface area contributed by atoms with Crippen LogP contribution in [0.3, 0.4) is 0 Å². The summed E-state index contributed by atoms with van der Waals surface area (Å²) in [5.41, 5.74) is -0.527. The number of alkyl halides is 2. The van der Waals surface area contributed by atoms with Gasteiger partial charge in [0.1, 0.15) is 11.6 Å². The molecule has 2 nitrogen and oxygen atoms in total. The summed E-state index contributed by atoms with van der Waals surface area (Å²) in [5.74, 6) is -0.983. The molecule has 0 saturated heterocycles. The molecule has 0 radical (unpaired) electrons. The fourth-order valence-corrected chi connectivity index (χ4v) is 1.34. The Balaban J connectivity index is 3.38. The normalized spacial score (nSPS) is 13.0. The predicted octanol–water partition coefficient (Wildman–Crippen LogP) is 2.83. The third-order valence-corrected chi connectivity index (χ3v) is 2.00. The van der Waals surface area contributed by atoms with Crippen LogP contribution in [0, 0.1) is 5.82 Å². The molecule has 84 valence electrons. The van der Waals surface area contributed by atoms with E-state index in [0.29, 0.717) is 6.07 Å². The molecule has 0 aliphatic heterocycles. The summed E-state index contributed by atoms with van der Waals surface area (Å²) in [4.78, 5) is 0. The first kappa shape index (κ1) is 11.8. The second kappa shape index (κ2) is 4.53. The summed E-state index contributed by atoms with van der Waals surface area (Å²) >= 11 is 0. The lowest BCUT2D eigenvalue weighted by Gasteiger charge is -2.15. The van der Waals surface area contributed by atoms with Crippen LogP contribution in [0.5, 0.6) is 5.75 Å². The van der Waals surface area contributed by atoms with Gasteiger partial charge in [-0.25, -0.2) is 13.2 Å². The number of ether oxygens (including phenoxy) is 1. The number of benzene rings is 1. The third kappa shape index (κ3) is 2.41. The molecule has 1 aromatic rings. The number of rotatable bonds is 3. The van der Waals surface area contributed by atoms with Crippen LogP contribution >= 0.6 is 0 Å². The highest BCUT2D eigenvalue weighted by Crippen LogP contribution is 2.35. The highest BCUT2D eigenvalue weighted by atomic mass is 19.3. The van der Waals surface area contributed by atoms with Crippen molar-refractivity contribution in [3.05, 3.63) is 29.1 Å². The standard InChI is InChI=1S/C10H11F3O2/c1-5(14)7-3-6(11)4-8(10(12)13)9(7)15-2/h3-5,10,14H,1-2H3. The highest BCUT2D eigenvalue weighted by Gasteiger charge is 2.21. The first-order valence-electron chi connectivity index (χ1n) is 4.31. The molecule has 0 aliphatic rings. The molecule has 0 fully saturated rings. The van der Waals surface area contributed by atoms with Crippen molar-refractivity contribution < 1.29 is 23.0 Å². The van der Waals surface area contributed by atoms with Gasteiger partial charge in [-0.1, -0.05) is 0 Å². The van der Waals surface area contributed by atoms with Crippen LogP contribution in [0.1, 0.15) is 30.6 Å². The first-order valence-corrected chi connectivity index (χ1v) is 4.31. The van der Waals surface area contributed by atoms with Crippen molar-refractivity contribution in [2.75, 3.05) is 7.11 Å². The number of aliphatic hydroxyl groups excluding tert-OH is 1. The van der Waals surface area contributed by atoms with Crippen molar-refractivity contribution in [3.63, 3.8) is 0 Å². The third-order valence-electron chi connectivity index (χ3n) is 2.00. The van der Waals surface area contributed by atoms with E-state index in [0.717, 1.165) is 6.07 Å². The smallest absolute Gasteiger partial charge is 0.267 e. The molecule has 0 saturated carbocycles. The Hall–Kier alpha value is -1.23. The van der Waals surface area contributed by atoms with Crippen molar-refractivity contribution in [1.82, 2.24) is 0 Å². The molecule has 0 heterocycles. The lowest BCUT2D eigenvalue weighted by molar-refractivity contribution is 0.144. The molecule has 0 aliphatic carbocycles. The lowest BCUT2D eigenvalue weighted by Crippen LogP contribution is -2.02. The minimum absolute atomic E-state index is 0.0211. The van der Waals surface area contributed by atoms with Gasteiger partial charge in [0.25, 0.3) is 6.43 Å². The average Bonchev–Trinajstić information content (AvgIpc) is 2.16. The van der Waals surface area contributed by atoms with E-state index in [1.165, 1.54) is 14.0 Å². The minimum Gasteiger partial charge on any atom is -0.496 e. The number of aliphatic hydroxyl groups is 1. The summed E-state index contributed by atoms with van der Waals surface area (Å²) in [6.45, 7) is 1.35. The molecular formula is C10H11F3O2. The van der Waals surface area contributed by atoms with Gasteiger partial charge >= 0.3 is 0 Å². The summed E-state index contributed by atoms with van der Waals surface area (Å²) in [6, 6.07) is 1.69.